The van der Waals surface area contributed by atoms with Crippen LogP contribution in [0.15, 0.2) is 36.9 Å². The quantitative estimate of drug-likeness (QED) is 0.717. The third-order valence-electron chi connectivity index (χ3n) is 5.52. The van der Waals surface area contributed by atoms with Crippen LogP contribution >= 0.6 is 0 Å². The third-order valence-corrected chi connectivity index (χ3v) is 5.52. The maximum absolute atomic E-state index is 12.7. The van der Waals surface area contributed by atoms with E-state index in [0.717, 1.165) is 36.8 Å². The number of hydrogen-bond acceptors (Lipinski definition) is 4. The van der Waals surface area contributed by atoms with Gasteiger partial charge in [-0.3, -0.25) is 9.59 Å². The highest BCUT2D eigenvalue weighted by atomic mass is 16.2. The topological polar surface area (TPSA) is 88.9 Å². The van der Waals surface area contributed by atoms with Crippen molar-refractivity contribution >= 4 is 11.8 Å². The predicted molar refractivity (Wildman–Crippen MR) is 111 cm³/mol. The maximum Gasteiger partial charge on any atom is 0.243 e. The number of carbonyl (C=O) groups excluding carboxylic acids is 2. The van der Waals surface area contributed by atoms with Gasteiger partial charge in [0.2, 0.25) is 11.8 Å². The molecule has 29 heavy (non-hydrogen) atoms. The lowest BCUT2D eigenvalue weighted by molar-refractivity contribution is -0.132. The fraction of sp³-hybridized carbons (Fsp3) is 0.545. The van der Waals surface area contributed by atoms with E-state index in [2.05, 4.69) is 20.7 Å². The zero-order valence-corrected chi connectivity index (χ0v) is 17.3. The molecule has 1 aliphatic carbocycles. The number of amides is 2. The minimum absolute atomic E-state index is 0.0241. The van der Waals surface area contributed by atoms with Crippen LogP contribution in [0.25, 0.3) is 0 Å². The smallest absolute Gasteiger partial charge is 0.243 e. The van der Waals surface area contributed by atoms with Gasteiger partial charge in [0.05, 0.1) is 6.54 Å². The summed E-state index contributed by atoms with van der Waals surface area (Å²) in [6.07, 6.45) is 8.46. The molecule has 2 N–H and O–H groups in total. The van der Waals surface area contributed by atoms with E-state index >= 15 is 0 Å². The molecule has 0 aliphatic heterocycles. The lowest BCUT2D eigenvalue weighted by atomic mass is 9.88. The lowest BCUT2D eigenvalue weighted by Crippen LogP contribution is -2.51. The van der Waals surface area contributed by atoms with E-state index in [0.29, 0.717) is 13.1 Å². The normalized spacial score (nSPS) is 15.8. The third kappa shape index (κ3) is 6.14. The first-order valence-electron chi connectivity index (χ1n) is 10.5. The summed E-state index contributed by atoms with van der Waals surface area (Å²) in [5.41, 5.74) is 2.13. The Morgan fingerprint density at radius 3 is 2.41 bits per heavy atom. The van der Waals surface area contributed by atoms with Gasteiger partial charge in [0, 0.05) is 12.5 Å². The lowest BCUT2D eigenvalue weighted by Gasteiger charge is -2.26. The Labute approximate surface area is 172 Å². The molecule has 1 fully saturated rings. The van der Waals surface area contributed by atoms with Gasteiger partial charge in [-0.2, -0.15) is 5.10 Å². The molecule has 0 bridgehead atoms. The summed E-state index contributed by atoms with van der Waals surface area (Å²) in [4.78, 5) is 29.2. The molecule has 1 aliphatic rings. The van der Waals surface area contributed by atoms with Crippen LogP contribution in [0.4, 0.5) is 0 Å². The molecule has 1 heterocycles. The first kappa shape index (κ1) is 21.0. The molecular formula is C22H31N5O2. The van der Waals surface area contributed by atoms with E-state index in [1.54, 1.807) is 11.0 Å². The average Bonchev–Trinajstić information content (AvgIpc) is 3.24. The van der Waals surface area contributed by atoms with Gasteiger partial charge in [0.25, 0.3) is 0 Å². The summed E-state index contributed by atoms with van der Waals surface area (Å²) in [5, 5.41) is 10.1. The Bertz CT molecular complexity index is 780. The minimum atomic E-state index is -0.504. The van der Waals surface area contributed by atoms with Crippen LogP contribution in [0, 0.1) is 11.8 Å². The summed E-state index contributed by atoms with van der Waals surface area (Å²) in [6, 6.07) is 7.53. The highest BCUT2D eigenvalue weighted by molar-refractivity contribution is 5.88. The second kappa shape index (κ2) is 10.2. The fourth-order valence-corrected chi connectivity index (χ4v) is 3.73. The molecule has 1 aromatic carbocycles. The second-order valence-electron chi connectivity index (χ2n) is 8.19. The molecule has 3 rings (SSSR count). The molecule has 1 saturated carbocycles. The number of nitrogens with zero attached hydrogens (tertiary/aromatic N) is 3. The molecule has 7 heteroatoms. The van der Waals surface area contributed by atoms with Crippen LogP contribution in [-0.4, -0.2) is 32.6 Å². The molecule has 0 radical (unpaired) electrons. The molecule has 156 valence electrons. The van der Waals surface area contributed by atoms with Crippen molar-refractivity contribution in [1.82, 2.24) is 25.4 Å². The molecule has 0 spiro atoms. The highest BCUT2D eigenvalue weighted by Crippen LogP contribution is 2.24. The van der Waals surface area contributed by atoms with Crippen LogP contribution in [0.2, 0.25) is 0 Å². The summed E-state index contributed by atoms with van der Waals surface area (Å²) in [5.74, 6) is -0.0187. The molecule has 1 unspecified atom stereocenters. The van der Waals surface area contributed by atoms with Crippen LogP contribution in [0.5, 0.6) is 0 Å². The van der Waals surface area contributed by atoms with Gasteiger partial charge in [-0.25, -0.2) is 9.67 Å². The molecule has 1 aromatic heterocycles. The summed E-state index contributed by atoms with van der Waals surface area (Å²) < 4.78 is 1.76. The van der Waals surface area contributed by atoms with Crippen molar-refractivity contribution in [2.75, 3.05) is 0 Å². The number of hydrogen-bond donors (Lipinski definition) is 2. The maximum atomic E-state index is 12.7. The van der Waals surface area contributed by atoms with E-state index in [-0.39, 0.29) is 23.7 Å². The van der Waals surface area contributed by atoms with Crippen molar-refractivity contribution in [2.24, 2.45) is 11.8 Å². The molecule has 0 saturated heterocycles. The van der Waals surface area contributed by atoms with Gasteiger partial charge < -0.3 is 10.6 Å². The van der Waals surface area contributed by atoms with Crippen LogP contribution in [0.3, 0.4) is 0 Å². The predicted octanol–water partition coefficient (Wildman–Crippen LogP) is 2.66. The summed E-state index contributed by atoms with van der Waals surface area (Å²) in [7, 11) is 0. The van der Waals surface area contributed by atoms with Gasteiger partial charge in [-0.05, 0) is 29.9 Å². The van der Waals surface area contributed by atoms with Gasteiger partial charge in [-0.1, -0.05) is 57.4 Å². The zero-order valence-electron chi connectivity index (χ0n) is 17.3. The first-order chi connectivity index (χ1) is 14.0. The van der Waals surface area contributed by atoms with Crippen molar-refractivity contribution in [3.63, 3.8) is 0 Å². The second-order valence-corrected chi connectivity index (χ2v) is 8.19. The van der Waals surface area contributed by atoms with Crippen molar-refractivity contribution in [3.8, 4) is 0 Å². The Hall–Kier alpha value is -2.70. The fourth-order valence-electron chi connectivity index (χ4n) is 3.73. The summed E-state index contributed by atoms with van der Waals surface area (Å²) >= 11 is 0. The Balaban J connectivity index is 1.51. The van der Waals surface area contributed by atoms with Crippen molar-refractivity contribution in [2.45, 2.75) is 65.1 Å². The van der Waals surface area contributed by atoms with E-state index in [9.17, 15) is 9.59 Å². The number of rotatable bonds is 8. The van der Waals surface area contributed by atoms with Crippen LogP contribution in [0.1, 0.15) is 57.1 Å². The van der Waals surface area contributed by atoms with Crippen molar-refractivity contribution in [3.05, 3.63) is 48.0 Å². The largest absolute Gasteiger partial charge is 0.350 e. The standard InChI is InChI=1S/C22H31N5O2/c1-16(2)20(26-21(28)19-6-4-3-5-7-19)22(29)24-12-17-8-10-18(11-9-17)13-27-15-23-14-25-27/h8-11,14-16,19-20H,3-7,12-13H2,1-2H3,(H,24,29)(H,26,28). The number of benzene rings is 1. The molecule has 2 aromatic rings. The monoisotopic (exact) mass is 397 g/mol. The van der Waals surface area contributed by atoms with E-state index in [4.69, 9.17) is 0 Å². The highest BCUT2D eigenvalue weighted by Gasteiger charge is 2.28. The first-order valence-corrected chi connectivity index (χ1v) is 10.5. The van der Waals surface area contributed by atoms with E-state index in [1.807, 2.05) is 38.1 Å². The van der Waals surface area contributed by atoms with Gasteiger partial charge >= 0.3 is 0 Å². The van der Waals surface area contributed by atoms with Crippen molar-refractivity contribution < 1.29 is 9.59 Å². The SMILES string of the molecule is CC(C)C(NC(=O)C1CCCCC1)C(=O)NCc1ccc(Cn2cncn2)cc1. The number of carbonyl (C=O) groups is 2. The molecule has 7 nitrogen and oxygen atoms in total. The number of aromatic nitrogens is 3. The van der Waals surface area contributed by atoms with Gasteiger partial charge in [0.1, 0.15) is 18.7 Å². The van der Waals surface area contributed by atoms with Crippen LogP contribution in [-0.2, 0) is 22.7 Å². The van der Waals surface area contributed by atoms with Gasteiger partial charge in [0.15, 0.2) is 0 Å². The average molecular weight is 398 g/mol. The Morgan fingerprint density at radius 2 is 1.79 bits per heavy atom. The molecular weight excluding hydrogens is 366 g/mol. The Kier molecular flexibility index (Phi) is 7.38. The van der Waals surface area contributed by atoms with Gasteiger partial charge in [-0.15, -0.1) is 0 Å². The van der Waals surface area contributed by atoms with E-state index < -0.39 is 6.04 Å². The molecule has 2 amide bonds. The van der Waals surface area contributed by atoms with E-state index in [1.165, 1.54) is 12.7 Å². The minimum Gasteiger partial charge on any atom is -0.350 e. The van der Waals surface area contributed by atoms with Crippen molar-refractivity contribution in [1.29, 1.82) is 0 Å². The molecule has 1 atom stereocenters. The number of nitrogens with one attached hydrogen (secondary N) is 2. The Morgan fingerprint density at radius 1 is 1.10 bits per heavy atom. The summed E-state index contributed by atoms with van der Waals surface area (Å²) in [6.45, 7) is 5.02. The zero-order chi connectivity index (χ0) is 20.6. The van der Waals surface area contributed by atoms with Crippen LogP contribution < -0.4 is 10.6 Å².